The monoisotopic (exact) mass is 348 g/mol. The van der Waals surface area contributed by atoms with E-state index < -0.39 is 12.1 Å². The first-order valence-electron chi connectivity index (χ1n) is 6.50. The average Bonchev–Trinajstić information content (AvgIpc) is 2.49. The van der Waals surface area contributed by atoms with Gasteiger partial charge in [0.2, 0.25) is 6.10 Å². The van der Waals surface area contributed by atoms with Crippen LogP contribution < -0.4 is 14.2 Å². The first kappa shape index (κ1) is 13.9. The maximum Gasteiger partial charge on any atom is 0.356 e. The Bertz CT molecular complexity index is 684. The summed E-state index contributed by atoms with van der Waals surface area (Å²) in [5.74, 6) is 1.17. The van der Waals surface area contributed by atoms with E-state index in [9.17, 15) is 4.79 Å². The molecule has 0 amide bonds. The van der Waals surface area contributed by atoms with E-state index in [1.807, 2.05) is 31.2 Å². The van der Waals surface area contributed by atoms with Crippen LogP contribution in [-0.4, -0.2) is 18.7 Å². The highest BCUT2D eigenvalue weighted by Gasteiger charge is 2.29. The van der Waals surface area contributed by atoms with Crippen LogP contribution in [0.5, 0.6) is 17.2 Å². The maximum absolute atomic E-state index is 12.2. The second-order valence-corrected chi connectivity index (χ2v) is 5.57. The van der Waals surface area contributed by atoms with E-state index in [4.69, 9.17) is 14.2 Å². The number of carbonyl (C=O) groups is 1. The number of halogens is 1. The van der Waals surface area contributed by atoms with Crippen molar-refractivity contribution in [1.82, 2.24) is 0 Å². The van der Waals surface area contributed by atoms with Gasteiger partial charge in [0.05, 0.1) is 4.47 Å². The predicted molar refractivity (Wildman–Crippen MR) is 80.9 cm³/mol. The van der Waals surface area contributed by atoms with Crippen LogP contribution in [0.4, 0.5) is 0 Å². The first-order valence-corrected chi connectivity index (χ1v) is 7.29. The number of rotatable bonds is 2. The van der Waals surface area contributed by atoms with E-state index in [1.165, 1.54) is 0 Å². The van der Waals surface area contributed by atoms with Crippen molar-refractivity contribution in [3.63, 3.8) is 0 Å². The summed E-state index contributed by atoms with van der Waals surface area (Å²) < 4.78 is 17.2. The lowest BCUT2D eigenvalue weighted by atomic mass is 10.2. The van der Waals surface area contributed by atoms with Crippen molar-refractivity contribution in [2.24, 2.45) is 0 Å². The molecular weight excluding hydrogens is 336 g/mol. The Hall–Kier alpha value is -2.01. The van der Waals surface area contributed by atoms with E-state index >= 15 is 0 Å². The Kier molecular flexibility index (Phi) is 3.84. The zero-order chi connectivity index (χ0) is 14.8. The van der Waals surface area contributed by atoms with Crippen molar-refractivity contribution in [2.75, 3.05) is 6.61 Å². The Morgan fingerprint density at radius 2 is 2.00 bits per heavy atom. The third kappa shape index (κ3) is 3.03. The van der Waals surface area contributed by atoms with Gasteiger partial charge in [0, 0.05) is 0 Å². The minimum absolute atomic E-state index is 0.138. The van der Waals surface area contributed by atoms with Gasteiger partial charge in [-0.3, -0.25) is 0 Å². The van der Waals surface area contributed by atoms with Gasteiger partial charge < -0.3 is 14.2 Å². The molecule has 1 heterocycles. The number of aryl methyl sites for hydroxylation is 1. The lowest BCUT2D eigenvalue weighted by Crippen LogP contribution is -2.39. The summed E-state index contributed by atoms with van der Waals surface area (Å²) in [4.78, 5) is 12.2. The zero-order valence-corrected chi connectivity index (χ0v) is 12.9. The molecule has 0 saturated heterocycles. The molecule has 0 radical (unpaired) electrons. The third-order valence-corrected chi connectivity index (χ3v) is 3.69. The summed E-state index contributed by atoms with van der Waals surface area (Å²) in [5.41, 5.74) is 1.08. The highest BCUT2D eigenvalue weighted by Crippen LogP contribution is 2.32. The maximum atomic E-state index is 12.2. The quantitative estimate of drug-likeness (QED) is 0.615. The molecule has 0 aliphatic carbocycles. The van der Waals surface area contributed by atoms with Gasteiger partial charge in [-0.1, -0.05) is 18.2 Å². The van der Waals surface area contributed by atoms with Crippen LogP contribution in [-0.2, 0) is 4.79 Å². The van der Waals surface area contributed by atoms with Crippen molar-refractivity contribution in [1.29, 1.82) is 0 Å². The fraction of sp³-hybridized carbons (Fsp3) is 0.188. The fourth-order valence-corrected chi connectivity index (χ4v) is 2.57. The number of ether oxygens (including phenoxy) is 3. The van der Waals surface area contributed by atoms with Crippen LogP contribution in [0.3, 0.4) is 0 Å². The molecule has 1 aliphatic heterocycles. The zero-order valence-electron chi connectivity index (χ0n) is 11.3. The molecule has 108 valence electrons. The smallest absolute Gasteiger partial charge is 0.356 e. The summed E-state index contributed by atoms with van der Waals surface area (Å²) >= 11 is 3.38. The van der Waals surface area contributed by atoms with Gasteiger partial charge in [-0.15, -0.1) is 0 Å². The third-order valence-electron chi connectivity index (χ3n) is 3.07. The van der Waals surface area contributed by atoms with Crippen LogP contribution in [0, 0.1) is 6.92 Å². The first-order chi connectivity index (χ1) is 10.1. The van der Waals surface area contributed by atoms with Gasteiger partial charge in [0.15, 0.2) is 11.5 Å². The number of hydrogen-bond donors (Lipinski definition) is 0. The number of hydrogen-bond acceptors (Lipinski definition) is 4. The van der Waals surface area contributed by atoms with E-state index in [-0.39, 0.29) is 6.61 Å². The van der Waals surface area contributed by atoms with E-state index in [0.29, 0.717) is 17.2 Å². The van der Waals surface area contributed by atoms with Gasteiger partial charge in [-0.2, -0.15) is 0 Å². The number of para-hydroxylation sites is 2. The summed E-state index contributed by atoms with van der Waals surface area (Å²) in [5, 5.41) is 0. The molecule has 0 fully saturated rings. The van der Waals surface area contributed by atoms with E-state index in [1.54, 1.807) is 18.2 Å². The van der Waals surface area contributed by atoms with Crippen molar-refractivity contribution >= 4 is 21.9 Å². The summed E-state index contributed by atoms with van der Waals surface area (Å²) in [6, 6.07) is 12.7. The summed E-state index contributed by atoms with van der Waals surface area (Å²) in [7, 11) is 0. The van der Waals surface area contributed by atoms with Crippen LogP contribution in [0.2, 0.25) is 0 Å². The van der Waals surface area contributed by atoms with Gasteiger partial charge in [0.25, 0.3) is 0 Å². The van der Waals surface area contributed by atoms with Crippen LogP contribution in [0.1, 0.15) is 5.56 Å². The molecule has 2 aromatic carbocycles. The van der Waals surface area contributed by atoms with Crippen molar-refractivity contribution in [3.05, 3.63) is 52.5 Å². The van der Waals surface area contributed by atoms with E-state index in [0.717, 1.165) is 10.0 Å². The second-order valence-electron chi connectivity index (χ2n) is 4.72. The minimum atomic E-state index is -0.770. The SMILES string of the molecule is Cc1ccc(OC(=O)C2COc3ccccc3O2)c(Br)c1. The van der Waals surface area contributed by atoms with Crippen molar-refractivity contribution in [3.8, 4) is 17.2 Å². The Labute approximate surface area is 130 Å². The number of fused-ring (bicyclic) bond motifs is 1. The molecule has 4 nitrogen and oxygen atoms in total. The summed E-state index contributed by atoms with van der Waals surface area (Å²) in [6.07, 6.45) is -0.770. The second kappa shape index (κ2) is 5.77. The molecule has 3 rings (SSSR count). The lowest BCUT2D eigenvalue weighted by Gasteiger charge is -2.25. The molecule has 5 heteroatoms. The minimum Gasteiger partial charge on any atom is -0.485 e. The molecule has 1 atom stereocenters. The molecule has 0 N–H and O–H groups in total. The van der Waals surface area contributed by atoms with Crippen molar-refractivity contribution < 1.29 is 19.0 Å². The molecular formula is C16H13BrO4. The molecule has 0 saturated carbocycles. The predicted octanol–water partition coefficient (Wildman–Crippen LogP) is 3.50. The molecule has 0 bridgehead atoms. The molecule has 2 aromatic rings. The van der Waals surface area contributed by atoms with Gasteiger partial charge >= 0.3 is 5.97 Å². The van der Waals surface area contributed by atoms with Crippen molar-refractivity contribution in [2.45, 2.75) is 13.0 Å². The molecule has 0 spiro atoms. The van der Waals surface area contributed by atoms with Crippen LogP contribution >= 0.6 is 15.9 Å². The Balaban J connectivity index is 1.72. The average molecular weight is 349 g/mol. The Morgan fingerprint density at radius 1 is 1.24 bits per heavy atom. The number of benzene rings is 2. The van der Waals surface area contributed by atoms with Gasteiger partial charge in [-0.05, 0) is 52.7 Å². The summed E-state index contributed by atoms with van der Waals surface area (Å²) in [6.45, 7) is 2.10. The van der Waals surface area contributed by atoms with Crippen LogP contribution in [0.25, 0.3) is 0 Å². The number of esters is 1. The molecule has 1 unspecified atom stereocenters. The normalized spacial score (nSPS) is 16.4. The van der Waals surface area contributed by atoms with Gasteiger partial charge in [-0.25, -0.2) is 4.79 Å². The largest absolute Gasteiger partial charge is 0.485 e. The lowest BCUT2D eigenvalue weighted by molar-refractivity contribution is -0.144. The molecule has 0 aromatic heterocycles. The topological polar surface area (TPSA) is 44.8 Å². The van der Waals surface area contributed by atoms with Crippen LogP contribution in [0.15, 0.2) is 46.9 Å². The molecule has 21 heavy (non-hydrogen) atoms. The fourth-order valence-electron chi connectivity index (χ4n) is 2.00. The highest BCUT2D eigenvalue weighted by atomic mass is 79.9. The Morgan fingerprint density at radius 3 is 2.76 bits per heavy atom. The highest BCUT2D eigenvalue weighted by molar-refractivity contribution is 9.10. The van der Waals surface area contributed by atoms with E-state index in [2.05, 4.69) is 15.9 Å². The van der Waals surface area contributed by atoms with Gasteiger partial charge in [0.1, 0.15) is 12.4 Å². The number of carbonyl (C=O) groups excluding carboxylic acids is 1. The standard InChI is InChI=1S/C16H13BrO4/c1-10-6-7-12(11(17)8-10)21-16(18)15-9-19-13-4-2-3-5-14(13)20-15/h2-8,15H,9H2,1H3. The molecule has 1 aliphatic rings.